The van der Waals surface area contributed by atoms with Gasteiger partial charge in [0.1, 0.15) is 0 Å². The molecule has 3 N–H and O–H groups in total. The van der Waals surface area contributed by atoms with Gasteiger partial charge in [-0.25, -0.2) is 4.79 Å². The summed E-state index contributed by atoms with van der Waals surface area (Å²) in [6.45, 7) is 6.52. The summed E-state index contributed by atoms with van der Waals surface area (Å²) < 4.78 is 11.7. The van der Waals surface area contributed by atoms with Crippen LogP contribution in [0.3, 0.4) is 0 Å². The molecule has 0 fully saturated rings. The molecule has 17 heavy (non-hydrogen) atoms. The summed E-state index contributed by atoms with van der Waals surface area (Å²) in [6, 6.07) is 0. The van der Waals surface area contributed by atoms with Crippen LogP contribution in [0.25, 0.3) is 0 Å². The summed E-state index contributed by atoms with van der Waals surface area (Å²) in [4.78, 5) is 30.1. The van der Waals surface area contributed by atoms with E-state index in [0.29, 0.717) is 5.57 Å². The summed E-state index contributed by atoms with van der Waals surface area (Å²) in [5, 5.41) is 7.70. The van der Waals surface area contributed by atoms with Crippen LogP contribution in [0.15, 0.2) is 11.1 Å². The highest BCUT2D eigenvalue weighted by molar-refractivity contribution is 7.53. The lowest BCUT2D eigenvalue weighted by molar-refractivity contribution is -0.132. The molecular formula is C11H21O5P. The maximum Gasteiger partial charge on any atom is 0.335 e. The zero-order valence-electron chi connectivity index (χ0n) is 10.7. The van der Waals surface area contributed by atoms with Crippen LogP contribution >= 0.6 is 7.60 Å². The number of hydrogen-bond acceptors (Lipinski definition) is 2. The predicted octanol–water partition coefficient (Wildman–Crippen LogP) is 2.53. The lowest BCUT2D eigenvalue weighted by Gasteiger charge is -2.34. The van der Waals surface area contributed by atoms with Crippen LogP contribution in [0.1, 0.15) is 47.0 Å². The summed E-state index contributed by atoms with van der Waals surface area (Å²) in [6.07, 6.45) is 0.690. The van der Waals surface area contributed by atoms with Gasteiger partial charge in [0, 0.05) is 5.57 Å². The van der Waals surface area contributed by atoms with Gasteiger partial charge >= 0.3 is 13.6 Å². The molecule has 5 nitrogen and oxygen atoms in total. The van der Waals surface area contributed by atoms with Gasteiger partial charge in [-0.15, -0.1) is 0 Å². The Bertz CT molecular complexity index is 362. The van der Waals surface area contributed by atoms with E-state index in [-0.39, 0.29) is 24.8 Å². The van der Waals surface area contributed by atoms with Crippen molar-refractivity contribution in [2.75, 3.05) is 0 Å². The lowest BCUT2D eigenvalue weighted by Crippen LogP contribution is -2.31. The van der Waals surface area contributed by atoms with Crippen molar-refractivity contribution in [3.63, 3.8) is 0 Å². The van der Waals surface area contributed by atoms with Crippen molar-refractivity contribution in [1.29, 1.82) is 0 Å². The molecule has 0 saturated heterocycles. The van der Waals surface area contributed by atoms with Gasteiger partial charge in [-0.3, -0.25) is 4.57 Å². The summed E-state index contributed by atoms with van der Waals surface area (Å²) >= 11 is 0. The first-order chi connectivity index (χ1) is 7.67. The number of rotatable bonds is 6. The van der Waals surface area contributed by atoms with Crippen LogP contribution in [-0.4, -0.2) is 26.0 Å². The van der Waals surface area contributed by atoms with Crippen molar-refractivity contribution in [2.45, 2.75) is 52.1 Å². The van der Waals surface area contributed by atoms with Gasteiger partial charge in [0.05, 0.1) is 5.16 Å². The second kappa shape index (κ2) is 5.80. The Balaban J connectivity index is 5.98. The molecule has 0 aromatic carbocycles. The molecule has 0 spiro atoms. The number of carboxylic acids is 1. The third-order valence-electron chi connectivity index (χ3n) is 3.49. The van der Waals surface area contributed by atoms with Crippen LogP contribution in [0.4, 0.5) is 0 Å². The topological polar surface area (TPSA) is 94.8 Å². The summed E-state index contributed by atoms with van der Waals surface area (Å²) in [5.74, 6) is -1.11. The van der Waals surface area contributed by atoms with Crippen molar-refractivity contribution in [3.8, 4) is 0 Å². The molecule has 0 heterocycles. The van der Waals surface area contributed by atoms with Crippen molar-refractivity contribution in [3.05, 3.63) is 11.1 Å². The zero-order chi connectivity index (χ0) is 13.9. The summed E-state index contributed by atoms with van der Waals surface area (Å²) in [7, 11) is -4.39. The number of aliphatic carboxylic acids is 1. The minimum atomic E-state index is -4.39. The molecule has 0 aliphatic rings. The molecule has 0 aromatic heterocycles. The SMILES string of the molecule is CC/C(C(=O)O)=C(/C)C(CC)(CC)P(=O)(O)O. The second-order valence-corrected chi connectivity index (χ2v) is 5.99. The minimum absolute atomic E-state index is 0.0945. The molecule has 100 valence electrons. The van der Waals surface area contributed by atoms with E-state index in [1.54, 1.807) is 20.8 Å². The van der Waals surface area contributed by atoms with Crippen LogP contribution in [0.5, 0.6) is 0 Å². The van der Waals surface area contributed by atoms with Gasteiger partial charge in [0.2, 0.25) is 0 Å². The van der Waals surface area contributed by atoms with Gasteiger partial charge in [-0.2, -0.15) is 0 Å². The normalized spacial score (nSPS) is 14.5. The van der Waals surface area contributed by atoms with Crippen molar-refractivity contribution >= 4 is 13.6 Å². The Hall–Kier alpha value is -0.640. The second-order valence-electron chi connectivity index (χ2n) is 4.04. The molecule has 0 aliphatic carbocycles. The molecule has 0 rings (SSSR count). The standard InChI is InChI=1S/C11H21O5P/c1-5-9(10(12)13)8(4)11(6-2,7-3)17(14,15)16/h5-7H2,1-4H3,(H,12,13)(H2,14,15,16)/b9-8+. The summed E-state index contributed by atoms with van der Waals surface area (Å²) in [5.41, 5.74) is 0.392. The average Bonchev–Trinajstić information content (AvgIpc) is 2.18. The van der Waals surface area contributed by atoms with E-state index in [1.807, 2.05) is 0 Å². The molecule has 0 unspecified atom stereocenters. The fourth-order valence-electron chi connectivity index (χ4n) is 2.27. The highest BCUT2D eigenvalue weighted by Gasteiger charge is 2.46. The molecule has 0 aliphatic heterocycles. The Morgan fingerprint density at radius 2 is 1.59 bits per heavy atom. The first-order valence-electron chi connectivity index (χ1n) is 5.67. The minimum Gasteiger partial charge on any atom is -0.478 e. The van der Waals surface area contributed by atoms with Crippen LogP contribution < -0.4 is 0 Å². The molecule has 0 saturated carbocycles. The smallest absolute Gasteiger partial charge is 0.335 e. The van der Waals surface area contributed by atoms with Gasteiger partial charge in [-0.05, 0) is 31.8 Å². The highest BCUT2D eigenvalue weighted by atomic mass is 31.2. The van der Waals surface area contributed by atoms with Gasteiger partial charge in [0.25, 0.3) is 0 Å². The van der Waals surface area contributed by atoms with E-state index >= 15 is 0 Å². The molecule has 6 heteroatoms. The van der Waals surface area contributed by atoms with Crippen LogP contribution in [0.2, 0.25) is 0 Å². The molecule has 0 bridgehead atoms. The van der Waals surface area contributed by atoms with Gasteiger partial charge in [-0.1, -0.05) is 20.8 Å². The molecule has 0 aromatic rings. The third-order valence-corrected chi connectivity index (χ3v) is 5.57. The van der Waals surface area contributed by atoms with Gasteiger partial charge in [0.15, 0.2) is 0 Å². The first kappa shape index (κ1) is 16.4. The Kier molecular flexibility index (Phi) is 5.59. The lowest BCUT2D eigenvalue weighted by atomic mass is 9.89. The third kappa shape index (κ3) is 2.97. The fourth-order valence-corrected chi connectivity index (χ4v) is 3.66. The molecule has 0 atom stereocenters. The molecule has 0 amide bonds. The van der Waals surface area contributed by atoms with Crippen molar-refractivity contribution < 1.29 is 24.3 Å². The maximum atomic E-state index is 11.7. The van der Waals surface area contributed by atoms with Gasteiger partial charge < -0.3 is 14.9 Å². The Labute approximate surface area is 102 Å². The predicted molar refractivity (Wildman–Crippen MR) is 66.0 cm³/mol. The largest absolute Gasteiger partial charge is 0.478 e. The quantitative estimate of drug-likeness (QED) is 0.506. The Morgan fingerprint density at radius 3 is 1.76 bits per heavy atom. The monoisotopic (exact) mass is 264 g/mol. The van der Waals surface area contributed by atoms with E-state index in [4.69, 9.17) is 5.11 Å². The van der Waals surface area contributed by atoms with E-state index < -0.39 is 18.7 Å². The number of hydrogen-bond donors (Lipinski definition) is 3. The fraction of sp³-hybridized carbons (Fsp3) is 0.727. The number of carboxylic acid groups (broad SMARTS) is 1. The molecular weight excluding hydrogens is 243 g/mol. The highest BCUT2D eigenvalue weighted by Crippen LogP contribution is 2.58. The van der Waals surface area contributed by atoms with E-state index in [0.717, 1.165) is 0 Å². The van der Waals surface area contributed by atoms with E-state index in [1.165, 1.54) is 6.92 Å². The Morgan fingerprint density at radius 1 is 1.18 bits per heavy atom. The first-order valence-corrected chi connectivity index (χ1v) is 7.28. The van der Waals surface area contributed by atoms with Crippen LogP contribution in [0, 0.1) is 0 Å². The van der Waals surface area contributed by atoms with E-state index in [9.17, 15) is 19.1 Å². The maximum absolute atomic E-state index is 11.7. The zero-order valence-corrected chi connectivity index (χ0v) is 11.6. The van der Waals surface area contributed by atoms with E-state index in [2.05, 4.69) is 0 Å². The van der Waals surface area contributed by atoms with Crippen molar-refractivity contribution in [1.82, 2.24) is 0 Å². The molecule has 0 radical (unpaired) electrons. The average molecular weight is 264 g/mol. The van der Waals surface area contributed by atoms with Crippen molar-refractivity contribution in [2.24, 2.45) is 0 Å². The number of allylic oxidation sites excluding steroid dienone is 1. The number of carbonyl (C=O) groups is 1. The van der Waals surface area contributed by atoms with Crippen LogP contribution in [-0.2, 0) is 9.36 Å².